The molecule has 3 aliphatic rings. The maximum absolute atomic E-state index is 14.5. The van der Waals surface area contributed by atoms with E-state index in [4.69, 9.17) is 14.2 Å². The third kappa shape index (κ3) is 8.66. The van der Waals surface area contributed by atoms with Crippen LogP contribution in [-0.4, -0.2) is 84.7 Å². The summed E-state index contributed by atoms with van der Waals surface area (Å²) in [5, 5.41) is 3.60. The van der Waals surface area contributed by atoms with Gasteiger partial charge in [0.1, 0.15) is 23.5 Å². The van der Waals surface area contributed by atoms with Gasteiger partial charge in [0.25, 0.3) is 0 Å². The third-order valence-corrected chi connectivity index (χ3v) is 12.5. The average molecular weight is 853 g/mol. The van der Waals surface area contributed by atoms with Gasteiger partial charge in [0.15, 0.2) is 5.78 Å². The normalized spacial score (nSPS) is 23.8. The van der Waals surface area contributed by atoms with Crippen LogP contribution in [0.2, 0.25) is 0 Å². The van der Waals surface area contributed by atoms with Gasteiger partial charge in [-0.15, -0.1) is 6.58 Å². The lowest BCUT2D eigenvalue weighted by atomic mass is 9.85. The molecule has 15 heteroatoms. The molecule has 1 aromatic heterocycles. The van der Waals surface area contributed by atoms with Crippen LogP contribution in [0, 0.1) is 16.7 Å². The van der Waals surface area contributed by atoms with Crippen molar-refractivity contribution < 1.29 is 41.8 Å². The van der Waals surface area contributed by atoms with Crippen LogP contribution in [0.3, 0.4) is 0 Å². The molecule has 0 bridgehead atoms. The van der Waals surface area contributed by atoms with E-state index in [-0.39, 0.29) is 25.8 Å². The predicted octanol–water partition coefficient (Wildman–Crippen LogP) is 5.23. The van der Waals surface area contributed by atoms with Crippen LogP contribution in [-0.2, 0) is 33.6 Å². The number of sulfonamides is 1. The monoisotopic (exact) mass is 852 g/mol. The Kier molecular flexibility index (Phi) is 11.3. The number of nitrogens with one attached hydrogen (secondary N) is 2. The summed E-state index contributed by atoms with van der Waals surface area (Å²) in [6.07, 6.45) is 2.62. The largest absolute Gasteiger partial charge is 0.494 e. The maximum atomic E-state index is 14.5. The molecule has 2 aromatic rings. The number of carbonyl (C=O) groups excluding carboxylic acids is 4. The predicted molar refractivity (Wildman–Crippen MR) is 204 cm³/mol. The smallest absolute Gasteiger partial charge is 0.408 e. The van der Waals surface area contributed by atoms with Crippen molar-refractivity contribution >= 4 is 67.1 Å². The van der Waals surface area contributed by atoms with E-state index in [9.17, 15) is 27.6 Å². The number of fused-ring (bicyclic) bond motifs is 1. The van der Waals surface area contributed by atoms with Crippen LogP contribution in [0.5, 0.6) is 11.6 Å². The number of likely N-dealkylation sites (tertiary alicyclic amines) is 1. The third-order valence-electron chi connectivity index (χ3n) is 9.78. The fourth-order valence-corrected chi connectivity index (χ4v) is 8.58. The van der Waals surface area contributed by atoms with E-state index >= 15 is 0 Å². The molecular weight excluding hydrogens is 803 g/mol. The Morgan fingerprint density at radius 1 is 1.13 bits per heavy atom. The van der Waals surface area contributed by atoms with Gasteiger partial charge in [-0.1, -0.05) is 61.6 Å². The summed E-state index contributed by atoms with van der Waals surface area (Å²) in [4.78, 5) is 61.4. The SMILES string of the molecule is C=C[C@@H]1C[C@]1(CC(=O)[C@@H]1C[C@@H](Oc2ncc(OC)c3ccc(CI)cc23)CN1C(=O)[C@@H](NC(=O)OC(C)(C)C)C(C)(C)C)C(=O)NS(=O)(=O)C1CC1. The number of allylic oxidation sites excluding steroid dienone is 1. The van der Waals surface area contributed by atoms with Gasteiger partial charge in [-0.05, 0) is 63.0 Å². The molecule has 1 aromatic carbocycles. The number of ether oxygens (including phenoxy) is 3. The Morgan fingerprint density at radius 3 is 2.38 bits per heavy atom. The first-order chi connectivity index (χ1) is 24.2. The van der Waals surface area contributed by atoms with Gasteiger partial charge < -0.3 is 24.4 Å². The molecule has 1 aliphatic heterocycles. The molecule has 2 N–H and O–H groups in total. The molecule has 284 valence electrons. The van der Waals surface area contributed by atoms with Gasteiger partial charge in [0, 0.05) is 28.0 Å². The van der Waals surface area contributed by atoms with Crippen molar-refractivity contribution in [3.05, 3.63) is 42.6 Å². The molecule has 0 unspecified atom stereocenters. The summed E-state index contributed by atoms with van der Waals surface area (Å²) < 4.78 is 45.9. The summed E-state index contributed by atoms with van der Waals surface area (Å²) >= 11 is 2.27. The van der Waals surface area contributed by atoms with Crippen LogP contribution < -0.4 is 19.5 Å². The van der Waals surface area contributed by atoms with Crippen molar-refractivity contribution in [3.63, 3.8) is 0 Å². The van der Waals surface area contributed by atoms with Crippen molar-refractivity contribution in [2.45, 2.75) is 107 Å². The molecule has 13 nitrogen and oxygen atoms in total. The first kappa shape index (κ1) is 39.7. The van der Waals surface area contributed by atoms with E-state index in [1.54, 1.807) is 60.9 Å². The average Bonchev–Trinajstić information content (AvgIpc) is 3.98. The number of hydrogen-bond donors (Lipinski definition) is 2. The second kappa shape index (κ2) is 14.7. The highest BCUT2D eigenvalue weighted by Crippen LogP contribution is 2.57. The highest BCUT2D eigenvalue weighted by Gasteiger charge is 2.61. The minimum atomic E-state index is -3.86. The molecule has 52 heavy (non-hydrogen) atoms. The Bertz CT molecular complexity index is 1870. The number of pyridine rings is 1. The second-order valence-corrected chi connectivity index (χ2v) is 18.8. The number of aromatic nitrogens is 1. The maximum Gasteiger partial charge on any atom is 0.408 e. The van der Waals surface area contributed by atoms with E-state index in [2.05, 4.69) is 44.2 Å². The van der Waals surface area contributed by atoms with Gasteiger partial charge in [-0.2, -0.15) is 0 Å². The molecule has 3 fully saturated rings. The molecule has 0 spiro atoms. The number of carbonyl (C=O) groups is 4. The summed E-state index contributed by atoms with van der Waals surface area (Å²) in [5.41, 5.74) is -1.89. The summed E-state index contributed by atoms with van der Waals surface area (Å²) in [6, 6.07) is 3.75. The number of benzene rings is 1. The minimum Gasteiger partial charge on any atom is -0.494 e. The Balaban J connectivity index is 1.47. The zero-order valence-corrected chi connectivity index (χ0v) is 33.8. The Labute approximate surface area is 319 Å². The first-order valence-corrected chi connectivity index (χ1v) is 20.5. The lowest BCUT2D eigenvalue weighted by Gasteiger charge is -2.36. The van der Waals surface area contributed by atoms with E-state index in [0.717, 1.165) is 15.4 Å². The van der Waals surface area contributed by atoms with Crippen molar-refractivity contribution in [2.24, 2.45) is 16.7 Å². The Morgan fingerprint density at radius 2 is 1.83 bits per heavy atom. The van der Waals surface area contributed by atoms with Crippen LogP contribution >= 0.6 is 22.6 Å². The summed E-state index contributed by atoms with van der Waals surface area (Å²) in [5.74, 6) is -1.22. The highest BCUT2D eigenvalue weighted by atomic mass is 127. The quantitative estimate of drug-likeness (QED) is 0.155. The van der Waals surface area contributed by atoms with E-state index < -0.39 is 79.5 Å². The molecule has 3 amide bonds. The molecule has 2 aliphatic carbocycles. The number of methoxy groups -OCH3 is 1. The molecule has 2 heterocycles. The van der Waals surface area contributed by atoms with Crippen LogP contribution in [0.15, 0.2) is 37.1 Å². The van der Waals surface area contributed by atoms with Crippen LogP contribution in [0.25, 0.3) is 10.8 Å². The summed E-state index contributed by atoms with van der Waals surface area (Å²) in [7, 11) is -2.30. The number of amides is 3. The number of halogens is 1. The van der Waals surface area contributed by atoms with Gasteiger partial charge in [-0.3, -0.25) is 19.1 Å². The molecule has 0 radical (unpaired) electrons. The lowest BCUT2D eigenvalue weighted by Crippen LogP contribution is -2.57. The van der Waals surface area contributed by atoms with Gasteiger partial charge in [-0.25, -0.2) is 18.2 Å². The number of Topliss-reactive ketones (excluding diaryl/α,β-unsaturated/α-hetero) is 1. The summed E-state index contributed by atoms with van der Waals surface area (Å²) in [6.45, 7) is 14.3. The minimum absolute atomic E-state index is 0.0147. The van der Waals surface area contributed by atoms with Crippen molar-refractivity contribution in [1.82, 2.24) is 19.9 Å². The van der Waals surface area contributed by atoms with E-state index in [1.165, 1.54) is 4.90 Å². The van der Waals surface area contributed by atoms with Crippen LogP contribution in [0.1, 0.15) is 79.2 Å². The van der Waals surface area contributed by atoms with Crippen molar-refractivity contribution in [3.8, 4) is 11.6 Å². The number of alkyl carbamates (subject to hydrolysis) is 1. The van der Waals surface area contributed by atoms with Gasteiger partial charge in [0.05, 0.1) is 36.6 Å². The fourth-order valence-electron chi connectivity index (χ4n) is 6.72. The fraction of sp³-hybridized carbons (Fsp3) is 0.595. The Hall–Kier alpha value is -3.47. The topological polar surface area (TPSA) is 170 Å². The van der Waals surface area contributed by atoms with Gasteiger partial charge in [0.2, 0.25) is 27.7 Å². The van der Waals surface area contributed by atoms with E-state index in [0.29, 0.717) is 29.9 Å². The molecule has 1 saturated heterocycles. The van der Waals surface area contributed by atoms with Crippen molar-refractivity contribution in [2.75, 3.05) is 13.7 Å². The zero-order chi connectivity index (χ0) is 38.4. The number of ketones is 1. The highest BCUT2D eigenvalue weighted by molar-refractivity contribution is 14.1. The van der Waals surface area contributed by atoms with Gasteiger partial charge >= 0.3 is 6.09 Å². The van der Waals surface area contributed by atoms with Crippen molar-refractivity contribution in [1.29, 1.82) is 0 Å². The van der Waals surface area contributed by atoms with E-state index in [1.807, 2.05) is 18.2 Å². The standard InChI is InChI=1S/C37H49IN4O9S/c1-9-22-16-37(22,33(45)41-52(47,48)24-11-12-24)17-28(43)27-15-23(50-31-26-14-21(18-38)10-13-25(26)29(49-8)19-39-31)20-42(27)32(44)30(35(2,3)4)40-34(46)51-36(5,6)7/h9-10,13-14,19,22-24,27,30H,1,11-12,15-18,20H2,2-8H3,(H,40,46)(H,41,45)/t22-,23-,27+,30-,37-/m1/s1. The number of nitrogens with zero attached hydrogens (tertiary/aromatic N) is 2. The number of hydrogen-bond acceptors (Lipinski definition) is 10. The molecular formula is C37H49IN4O9S. The molecule has 5 atom stereocenters. The lowest BCUT2D eigenvalue weighted by molar-refractivity contribution is -0.142. The number of alkyl halides is 1. The second-order valence-electron chi connectivity index (χ2n) is 16.1. The van der Waals surface area contributed by atoms with Crippen LogP contribution in [0.4, 0.5) is 4.79 Å². The molecule has 5 rings (SSSR count). The number of rotatable bonds is 13. The first-order valence-electron chi connectivity index (χ1n) is 17.4. The zero-order valence-electron chi connectivity index (χ0n) is 30.8. The molecule has 2 saturated carbocycles.